The molecule has 2 atom stereocenters. The van der Waals surface area contributed by atoms with Gasteiger partial charge in [-0.1, -0.05) is 6.07 Å². The number of rotatable bonds is 4. The molecule has 1 saturated carbocycles. The summed E-state index contributed by atoms with van der Waals surface area (Å²) in [6.45, 7) is 2.80. The predicted molar refractivity (Wildman–Crippen MR) is 81.6 cm³/mol. The number of hydrogen-bond donors (Lipinski definition) is 1. The molecule has 1 aromatic heterocycles. The van der Waals surface area contributed by atoms with E-state index >= 15 is 0 Å². The number of likely N-dealkylation sites (N-methyl/N-ethyl adjacent to an activating group) is 1. The van der Waals surface area contributed by atoms with Gasteiger partial charge >= 0.3 is 0 Å². The van der Waals surface area contributed by atoms with Gasteiger partial charge in [-0.3, -0.25) is 10.1 Å². The lowest BCUT2D eigenvalue weighted by molar-refractivity contribution is -0.132. The predicted octanol–water partition coefficient (Wildman–Crippen LogP) is 2.05. The first-order valence-electron chi connectivity index (χ1n) is 7.31. The Morgan fingerprint density at radius 3 is 2.75 bits per heavy atom. The van der Waals surface area contributed by atoms with Gasteiger partial charge in [0.2, 0.25) is 5.91 Å². The summed E-state index contributed by atoms with van der Waals surface area (Å²) in [5, 5.41) is 5.51. The summed E-state index contributed by atoms with van der Waals surface area (Å²) in [6, 6.07) is 4.09. The number of carbonyl (C=O) groups excluding carboxylic acids is 1. The molecule has 2 unspecified atom stereocenters. The van der Waals surface area contributed by atoms with Gasteiger partial charge in [0.15, 0.2) is 0 Å². The lowest BCUT2D eigenvalue weighted by Crippen LogP contribution is -2.58. The van der Waals surface area contributed by atoms with Crippen LogP contribution in [0.3, 0.4) is 0 Å². The summed E-state index contributed by atoms with van der Waals surface area (Å²) < 4.78 is 0. The average molecular weight is 293 g/mol. The van der Waals surface area contributed by atoms with Crippen LogP contribution >= 0.6 is 11.3 Å². The third kappa shape index (κ3) is 2.18. The minimum absolute atomic E-state index is 0.0509. The van der Waals surface area contributed by atoms with Crippen LogP contribution < -0.4 is 5.32 Å². The summed E-state index contributed by atoms with van der Waals surface area (Å²) in [6.07, 6.45) is 3.70. The highest BCUT2D eigenvalue weighted by Crippen LogP contribution is 2.40. The molecule has 2 fully saturated rings. The van der Waals surface area contributed by atoms with Crippen molar-refractivity contribution in [1.29, 1.82) is 0 Å². The van der Waals surface area contributed by atoms with Crippen molar-refractivity contribution in [2.24, 2.45) is 0 Å². The zero-order chi connectivity index (χ0) is 14.3. The number of hydrogen-bond acceptors (Lipinski definition) is 4. The fourth-order valence-corrected chi connectivity index (χ4v) is 4.07. The van der Waals surface area contributed by atoms with E-state index in [-0.39, 0.29) is 23.7 Å². The van der Waals surface area contributed by atoms with Crippen molar-refractivity contribution in [1.82, 2.24) is 15.1 Å². The molecule has 1 amide bonds. The molecule has 1 aliphatic carbocycles. The molecule has 0 aromatic carbocycles. The Bertz CT molecular complexity index is 481. The molecule has 0 spiro atoms. The van der Waals surface area contributed by atoms with E-state index in [9.17, 15) is 4.79 Å². The van der Waals surface area contributed by atoms with Gasteiger partial charge in [0.1, 0.15) is 6.17 Å². The summed E-state index contributed by atoms with van der Waals surface area (Å²) in [5.41, 5.74) is 0.177. The Hall–Kier alpha value is -0.910. The van der Waals surface area contributed by atoms with Crippen molar-refractivity contribution < 1.29 is 4.79 Å². The zero-order valence-corrected chi connectivity index (χ0v) is 13.2. The van der Waals surface area contributed by atoms with Gasteiger partial charge in [-0.15, -0.1) is 11.3 Å². The fraction of sp³-hybridized carbons (Fsp3) is 0.667. The van der Waals surface area contributed by atoms with Gasteiger partial charge in [0.05, 0.1) is 6.04 Å². The van der Waals surface area contributed by atoms with Crippen LogP contribution in [0.5, 0.6) is 0 Å². The topological polar surface area (TPSA) is 35.6 Å². The smallest absolute Gasteiger partial charge is 0.241 e. The summed E-state index contributed by atoms with van der Waals surface area (Å²) in [4.78, 5) is 18.1. The minimum Gasteiger partial charge on any atom is -0.319 e. The van der Waals surface area contributed by atoms with E-state index in [2.05, 4.69) is 46.7 Å². The van der Waals surface area contributed by atoms with Crippen molar-refractivity contribution in [3.8, 4) is 0 Å². The van der Waals surface area contributed by atoms with E-state index in [1.165, 1.54) is 24.1 Å². The third-order valence-electron chi connectivity index (χ3n) is 4.88. The molecule has 1 aliphatic heterocycles. The molecular weight excluding hydrogens is 270 g/mol. The van der Waals surface area contributed by atoms with Crippen LogP contribution in [0, 0.1) is 0 Å². The molecule has 1 aromatic rings. The fourth-order valence-electron chi connectivity index (χ4n) is 3.27. The highest BCUT2D eigenvalue weighted by atomic mass is 32.1. The second kappa shape index (κ2) is 5.13. The van der Waals surface area contributed by atoms with Crippen LogP contribution in [0.15, 0.2) is 17.5 Å². The highest BCUT2D eigenvalue weighted by molar-refractivity contribution is 7.10. The van der Waals surface area contributed by atoms with Gasteiger partial charge in [-0.2, -0.15) is 0 Å². The lowest BCUT2D eigenvalue weighted by atomic mass is 9.75. The minimum atomic E-state index is -0.0820. The van der Waals surface area contributed by atoms with Gasteiger partial charge in [-0.25, -0.2) is 0 Å². The van der Waals surface area contributed by atoms with Crippen molar-refractivity contribution >= 4 is 17.2 Å². The molecule has 1 N–H and O–H groups in total. The molecule has 1 saturated heterocycles. The lowest BCUT2D eigenvalue weighted by Gasteiger charge is -2.49. The third-order valence-corrected chi connectivity index (χ3v) is 5.81. The molecule has 20 heavy (non-hydrogen) atoms. The van der Waals surface area contributed by atoms with Crippen LogP contribution in [-0.4, -0.2) is 47.9 Å². The molecule has 0 radical (unpaired) electrons. The molecule has 110 valence electrons. The van der Waals surface area contributed by atoms with E-state index in [1.807, 2.05) is 6.92 Å². The number of thiophene rings is 1. The number of nitrogens with one attached hydrogen (secondary N) is 1. The standard InChI is InChI=1S/C15H23N3OS/c1-11-14(19)18(10-15(17(2)3)7-5-8-15)13(16-11)12-6-4-9-20-12/h4,6,9,11,13,16H,5,7-8,10H2,1-3H3. The first-order valence-corrected chi connectivity index (χ1v) is 8.19. The van der Waals surface area contributed by atoms with Crippen molar-refractivity contribution in [2.45, 2.75) is 43.9 Å². The Kier molecular flexibility index (Phi) is 3.60. The monoisotopic (exact) mass is 293 g/mol. The molecular formula is C15H23N3OS. The number of amides is 1. The van der Waals surface area contributed by atoms with E-state index in [0.29, 0.717) is 0 Å². The molecule has 0 bridgehead atoms. The van der Waals surface area contributed by atoms with Gasteiger partial charge in [-0.05, 0) is 51.7 Å². The second-order valence-corrected chi connectivity index (χ2v) is 7.22. The Balaban J connectivity index is 1.83. The molecule has 2 aliphatic rings. The zero-order valence-electron chi connectivity index (χ0n) is 12.4. The first-order chi connectivity index (χ1) is 9.53. The maximum absolute atomic E-state index is 12.5. The SMILES string of the molecule is CC1NC(c2cccs2)N(CC2(N(C)C)CCC2)C1=O. The quantitative estimate of drug-likeness (QED) is 0.923. The van der Waals surface area contributed by atoms with Crippen molar-refractivity contribution in [3.05, 3.63) is 22.4 Å². The van der Waals surface area contributed by atoms with Gasteiger partial charge < -0.3 is 9.80 Å². The molecule has 2 heterocycles. The highest BCUT2D eigenvalue weighted by Gasteiger charge is 2.46. The van der Waals surface area contributed by atoms with Crippen LogP contribution in [0.1, 0.15) is 37.2 Å². The summed E-state index contributed by atoms with van der Waals surface area (Å²) >= 11 is 1.72. The van der Waals surface area contributed by atoms with Crippen LogP contribution in [-0.2, 0) is 4.79 Å². The van der Waals surface area contributed by atoms with E-state index < -0.39 is 0 Å². The summed E-state index contributed by atoms with van der Waals surface area (Å²) in [5.74, 6) is 0.233. The maximum atomic E-state index is 12.5. The second-order valence-electron chi connectivity index (χ2n) is 6.24. The van der Waals surface area contributed by atoms with Gasteiger partial charge in [0.25, 0.3) is 0 Å². The first kappa shape index (κ1) is 14.0. The Labute approximate surface area is 124 Å². The van der Waals surface area contributed by atoms with Crippen LogP contribution in [0.25, 0.3) is 0 Å². The van der Waals surface area contributed by atoms with Crippen LogP contribution in [0.2, 0.25) is 0 Å². The number of carbonyl (C=O) groups is 1. The average Bonchev–Trinajstić information content (AvgIpc) is 2.95. The molecule has 3 rings (SSSR count). The summed E-state index contributed by atoms with van der Waals surface area (Å²) in [7, 11) is 4.27. The largest absolute Gasteiger partial charge is 0.319 e. The Morgan fingerprint density at radius 2 is 2.25 bits per heavy atom. The van der Waals surface area contributed by atoms with Crippen molar-refractivity contribution in [2.75, 3.05) is 20.6 Å². The van der Waals surface area contributed by atoms with Crippen molar-refractivity contribution in [3.63, 3.8) is 0 Å². The van der Waals surface area contributed by atoms with E-state index in [0.717, 1.165) is 6.54 Å². The van der Waals surface area contributed by atoms with Crippen LogP contribution in [0.4, 0.5) is 0 Å². The molecule has 5 heteroatoms. The normalized spacial score (nSPS) is 29.0. The Morgan fingerprint density at radius 1 is 1.50 bits per heavy atom. The van der Waals surface area contributed by atoms with E-state index in [4.69, 9.17) is 0 Å². The van der Waals surface area contributed by atoms with E-state index in [1.54, 1.807) is 11.3 Å². The maximum Gasteiger partial charge on any atom is 0.241 e. The number of nitrogens with zero attached hydrogens (tertiary/aromatic N) is 2. The van der Waals surface area contributed by atoms with Gasteiger partial charge in [0, 0.05) is 17.0 Å². The molecule has 4 nitrogen and oxygen atoms in total.